The van der Waals surface area contributed by atoms with Crippen molar-refractivity contribution in [2.75, 3.05) is 11.9 Å². The molecule has 0 atom stereocenters. The molecule has 7 nitrogen and oxygen atoms in total. The van der Waals surface area contributed by atoms with Crippen molar-refractivity contribution in [2.45, 2.75) is 6.61 Å². The zero-order valence-electron chi connectivity index (χ0n) is 21.4. The summed E-state index contributed by atoms with van der Waals surface area (Å²) in [6, 6.07) is 20.9. The summed E-state index contributed by atoms with van der Waals surface area (Å²) in [5.74, 6) is 6.71. The Hall–Kier alpha value is -4.91. The summed E-state index contributed by atoms with van der Waals surface area (Å²) in [5, 5.41) is 7.51. The number of nitrogens with zero attached hydrogens (tertiary/aromatic N) is 2. The molecular weight excluding hydrogens is 561 g/mol. The molecule has 6 aromatic rings. The number of H-pyrrole nitrogens is 1. The summed E-state index contributed by atoms with van der Waals surface area (Å²) < 4.78 is 20.0. The standard InChI is InChI=1S/C31H21ClFN5O2S/c32-25-15-23(7-9-28(25)40-17-19-3-1-4-22(33)13-19)38-30-29-27(36-18-37-30)16-24(41-29)5-2-11-35-31(39)21-6-8-26-20(14-21)10-12-34-26/h1,3-4,6-10,12-16,18,34H,11,17H2,(H,35,39)(H,36,37,38). The molecule has 3 N–H and O–H groups in total. The van der Waals surface area contributed by atoms with Crippen molar-refractivity contribution in [3.63, 3.8) is 0 Å². The van der Waals surface area contributed by atoms with Gasteiger partial charge in [-0.2, -0.15) is 0 Å². The number of rotatable bonds is 7. The van der Waals surface area contributed by atoms with Gasteiger partial charge >= 0.3 is 0 Å². The molecule has 0 fully saturated rings. The van der Waals surface area contributed by atoms with Crippen molar-refractivity contribution in [3.05, 3.63) is 112 Å². The van der Waals surface area contributed by atoms with E-state index < -0.39 is 0 Å². The van der Waals surface area contributed by atoms with Crippen LogP contribution in [-0.4, -0.2) is 27.4 Å². The van der Waals surface area contributed by atoms with Crippen LogP contribution in [0.2, 0.25) is 5.02 Å². The van der Waals surface area contributed by atoms with E-state index in [-0.39, 0.29) is 24.9 Å². The lowest BCUT2D eigenvalue weighted by Gasteiger charge is -2.11. The van der Waals surface area contributed by atoms with Crippen LogP contribution in [0.15, 0.2) is 85.3 Å². The number of aromatic nitrogens is 3. The van der Waals surface area contributed by atoms with Crippen LogP contribution in [0.1, 0.15) is 20.8 Å². The molecule has 3 heterocycles. The fourth-order valence-electron chi connectivity index (χ4n) is 4.18. The number of aromatic amines is 1. The second-order valence-corrected chi connectivity index (χ2v) is 10.5. The van der Waals surface area contributed by atoms with Crippen molar-refractivity contribution in [2.24, 2.45) is 0 Å². The number of ether oxygens (including phenoxy) is 1. The van der Waals surface area contributed by atoms with Gasteiger partial charge in [0.25, 0.3) is 5.91 Å². The van der Waals surface area contributed by atoms with Crippen LogP contribution in [0.3, 0.4) is 0 Å². The van der Waals surface area contributed by atoms with Gasteiger partial charge in [-0.05, 0) is 66.2 Å². The highest BCUT2D eigenvalue weighted by atomic mass is 35.5. The zero-order valence-corrected chi connectivity index (χ0v) is 22.9. The normalized spacial score (nSPS) is 10.8. The molecule has 0 aliphatic carbocycles. The number of anilines is 2. The number of carbonyl (C=O) groups excluding carboxylic acids is 1. The Morgan fingerprint density at radius 2 is 2.00 bits per heavy atom. The summed E-state index contributed by atoms with van der Waals surface area (Å²) in [6.45, 7) is 0.407. The van der Waals surface area contributed by atoms with Gasteiger partial charge in [0.2, 0.25) is 0 Å². The number of thiophene rings is 1. The quantitative estimate of drug-likeness (QED) is 0.175. The average molecular weight is 582 g/mol. The van der Waals surface area contributed by atoms with Crippen LogP contribution >= 0.6 is 22.9 Å². The summed E-state index contributed by atoms with van der Waals surface area (Å²) in [4.78, 5) is 25.2. The third-order valence-corrected chi connectivity index (χ3v) is 7.50. The summed E-state index contributed by atoms with van der Waals surface area (Å²) in [7, 11) is 0. The van der Waals surface area contributed by atoms with Gasteiger partial charge in [0, 0.05) is 28.4 Å². The van der Waals surface area contributed by atoms with Crippen molar-refractivity contribution < 1.29 is 13.9 Å². The van der Waals surface area contributed by atoms with Gasteiger partial charge < -0.3 is 20.4 Å². The number of halogens is 2. The molecule has 202 valence electrons. The van der Waals surface area contributed by atoms with E-state index in [0.29, 0.717) is 27.7 Å². The van der Waals surface area contributed by atoms with Gasteiger partial charge in [-0.3, -0.25) is 4.79 Å². The third kappa shape index (κ3) is 6.14. The molecule has 0 unspecified atom stereocenters. The maximum absolute atomic E-state index is 13.4. The molecule has 0 aliphatic rings. The van der Waals surface area contributed by atoms with E-state index in [2.05, 4.69) is 37.4 Å². The molecule has 0 spiro atoms. The van der Waals surface area contributed by atoms with E-state index in [1.807, 2.05) is 36.5 Å². The molecular formula is C31H21ClFN5O2S. The fourth-order valence-corrected chi connectivity index (χ4v) is 5.34. The van der Waals surface area contributed by atoms with Crippen LogP contribution in [0.4, 0.5) is 15.9 Å². The van der Waals surface area contributed by atoms with E-state index in [0.717, 1.165) is 31.7 Å². The van der Waals surface area contributed by atoms with E-state index in [1.165, 1.54) is 29.8 Å². The summed E-state index contributed by atoms with van der Waals surface area (Å²) in [6.07, 6.45) is 3.32. The number of fused-ring (bicyclic) bond motifs is 2. The second kappa shape index (κ2) is 11.7. The molecule has 0 saturated carbocycles. The summed E-state index contributed by atoms with van der Waals surface area (Å²) >= 11 is 7.90. The Labute approximate surface area is 243 Å². The molecule has 6 rings (SSSR count). The minimum atomic E-state index is -0.316. The Morgan fingerprint density at radius 3 is 2.88 bits per heavy atom. The molecule has 1 amide bonds. The first-order valence-electron chi connectivity index (χ1n) is 12.5. The molecule has 0 radical (unpaired) electrons. The molecule has 3 aromatic heterocycles. The average Bonchev–Trinajstić information content (AvgIpc) is 3.62. The van der Waals surface area contributed by atoms with Gasteiger partial charge in [0.05, 0.1) is 26.7 Å². The molecule has 10 heteroatoms. The van der Waals surface area contributed by atoms with Crippen molar-refractivity contribution in [3.8, 4) is 17.6 Å². The molecule has 0 saturated heterocycles. The largest absolute Gasteiger partial charge is 0.487 e. The number of hydrogen-bond acceptors (Lipinski definition) is 6. The Kier molecular flexibility index (Phi) is 7.50. The van der Waals surface area contributed by atoms with Crippen LogP contribution in [0.5, 0.6) is 5.75 Å². The van der Waals surface area contributed by atoms with Gasteiger partial charge in [-0.15, -0.1) is 11.3 Å². The lowest BCUT2D eigenvalue weighted by atomic mass is 10.1. The zero-order chi connectivity index (χ0) is 28.2. The number of carbonyl (C=O) groups is 1. The molecule has 3 aromatic carbocycles. The Morgan fingerprint density at radius 1 is 1.07 bits per heavy atom. The van der Waals surface area contributed by atoms with E-state index >= 15 is 0 Å². The fraction of sp³-hybridized carbons (Fsp3) is 0.0645. The topological polar surface area (TPSA) is 91.9 Å². The highest BCUT2D eigenvalue weighted by Crippen LogP contribution is 2.33. The monoisotopic (exact) mass is 581 g/mol. The lowest BCUT2D eigenvalue weighted by molar-refractivity contribution is 0.0959. The lowest BCUT2D eigenvalue weighted by Crippen LogP contribution is -2.23. The highest BCUT2D eigenvalue weighted by Gasteiger charge is 2.11. The van der Waals surface area contributed by atoms with Crippen LogP contribution in [0.25, 0.3) is 21.1 Å². The van der Waals surface area contributed by atoms with E-state index in [4.69, 9.17) is 16.3 Å². The van der Waals surface area contributed by atoms with E-state index in [9.17, 15) is 9.18 Å². The van der Waals surface area contributed by atoms with Crippen LogP contribution in [0, 0.1) is 17.7 Å². The third-order valence-electron chi connectivity index (χ3n) is 6.15. The molecule has 41 heavy (non-hydrogen) atoms. The highest BCUT2D eigenvalue weighted by molar-refractivity contribution is 7.20. The minimum Gasteiger partial charge on any atom is -0.487 e. The number of benzene rings is 3. The van der Waals surface area contributed by atoms with Gasteiger partial charge in [-0.1, -0.05) is 35.6 Å². The smallest absolute Gasteiger partial charge is 0.252 e. The van der Waals surface area contributed by atoms with Crippen molar-refractivity contribution in [1.82, 2.24) is 20.3 Å². The first kappa shape index (κ1) is 26.3. The SMILES string of the molecule is O=C(NCC#Cc1cc2ncnc(Nc3ccc(OCc4cccc(F)c4)c(Cl)c3)c2s1)c1ccc2[nH]ccc2c1. The number of nitrogens with one attached hydrogen (secondary N) is 3. The maximum Gasteiger partial charge on any atom is 0.252 e. The first-order valence-corrected chi connectivity index (χ1v) is 13.7. The maximum atomic E-state index is 13.4. The summed E-state index contributed by atoms with van der Waals surface area (Å²) in [5.41, 5.74) is 3.74. The minimum absolute atomic E-state index is 0.180. The van der Waals surface area contributed by atoms with Crippen LogP contribution in [-0.2, 0) is 6.61 Å². The number of hydrogen-bond donors (Lipinski definition) is 3. The second-order valence-electron chi connectivity index (χ2n) is 9.00. The molecule has 0 aliphatic heterocycles. The Bertz CT molecular complexity index is 1960. The van der Waals surface area contributed by atoms with Gasteiger partial charge in [-0.25, -0.2) is 14.4 Å². The van der Waals surface area contributed by atoms with Gasteiger partial charge in [0.15, 0.2) is 5.82 Å². The van der Waals surface area contributed by atoms with Gasteiger partial charge in [0.1, 0.15) is 24.5 Å². The van der Waals surface area contributed by atoms with Crippen molar-refractivity contribution >= 4 is 61.5 Å². The molecule has 0 bridgehead atoms. The first-order chi connectivity index (χ1) is 20.0. The van der Waals surface area contributed by atoms with Crippen LogP contribution < -0.4 is 15.4 Å². The van der Waals surface area contributed by atoms with Crippen molar-refractivity contribution in [1.29, 1.82) is 0 Å². The predicted molar refractivity (Wildman–Crippen MR) is 160 cm³/mol. The Balaban J connectivity index is 1.10. The predicted octanol–water partition coefficient (Wildman–Crippen LogP) is 7.07. The van der Waals surface area contributed by atoms with E-state index in [1.54, 1.807) is 30.3 Å². The number of amides is 1.